The summed E-state index contributed by atoms with van der Waals surface area (Å²) in [5.41, 5.74) is -0.573. The first-order valence-corrected chi connectivity index (χ1v) is 5.72. The quantitative estimate of drug-likeness (QED) is 0.738. The van der Waals surface area contributed by atoms with E-state index in [-0.39, 0.29) is 12.5 Å². The number of β-amino-alcohol motifs (C(OH)–C–C–N with tert-alkyl or cyclic N) is 1. The SMILES string of the molecule is CC(C)(C)OC(=O)NC1CCN(CCO)C1=O. The van der Waals surface area contributed by atoms with Crippen LogP contribution in [-0.4, -0.2) is 53.3 Å². The van der Waals surface area contributed by atoms with Crippen LogP contribution in [0, 0.1) is 0 Å². The molecule has 1 saturated heterocycles. The Morgan fingerprint density at radius 1 is 1.59 bits per heavy atom. The highest BCUT2D eigenvalue weighted by Crippen LogP contribution is 2.12. The topological polar surface area (TPSA) is 78.9 Å². The molecule has 1 fully saturated rings. The molecule has 0 aliphatic carbocycles. The Hall–Kier alpha value is -1.30. The van der Waals surface area contributed by atoms with Crippen LogP contribution in [0.1, 0.15) is 27.2 Å². The molecule has 0 aromatic heterocycles. The van der Waals surface area contributed by atoms with E-state index in [2.05, 4.69) is 5.32 Å². The second-order valence-electron chi connectivity index (χ2n) is 5.04. The second-order valence-corrected chi connectivity index (χ2v) is 5.04. The van der Waals surface area contributed by atoms with E-state index in [1.54, 1.807) is 20.8 Å². The lowest BCUT2D eigenvalue weighted by Crippen LogP contribution is -2.44. The molecule has 0 aromatic rings. The number of aliphatic hydroxyl groups excluding tert-OH is 1. The highest BCUT2D eigenvalue weighted by molar-refractivity contribution is 5.87. The van der Waals surface area contributed by atoms with Crippen LogP contribution in [0.2, 0.25) is 0 Å². The van der Waals surface area contributed by atoms with Gasteiger partial charge >= 0.3 is 6.09 Å². The Morgan fingerprint density at radius 3 is 2.76 bits per heavy atom. The molecule has 1 aliphatic rings. The van der Waals surface area contributed by atoms with Crippen LogP contribution in [0.15, 0.2) is 0 Å². The first kappa shape index (κ1) is 13.8. The minimum absolute atomic E-state index is 0.0646. The standard InChI is InChI=1S/C11H20N2O4/c1-11(2,3)17-10(16)12-8-4-5-13(6-7-14)9(8)15/h8,14H,4-7H2,1-3H3,(H,12,16). The highest BCUT2D eigenvalue weighted by atomic mass is 16.6. The summed E-state index contributed by atoms with van der Waals surface area (Å²) in [7, 11) is 0. The Bertz CT molecular complexity index is 298. The van der Waals surface area contributed by atoms with Gasteiger partial charge in [-0.05, 0) is 27.2 Å². The first-order chi connectivity index (χ1) is 7.83. The summed E-state index contributed by atoms with van der Waals surface area (Å²) in [5.74, 6) is -0.162. The van der Waals surface area contributed by atoms with Crippen molar-refractivity contribution < 1.29 is 19.4 Å². The molecule has 1 heterocycles. The molecule has 0 radical (unpaired) electrons. The van der Waals surface area contributed by atoms with Crippen molar-refractivity contribution in [3.05, 3.63) is 0 Å². The van der Waals surface area contributed by atoms with Gasteiger partial charge in [-0.1, -0.05) is 0 Å². The molecule has 1 atom stereocenters. The van der Waals surface area contributed by atoms with Crippen molar-refractivity contribution in [1.82, 2.24) is 10.2 Å². The van der Waals surface area contributed by atoms with Crippen LogP contribution in [0.5, 0.6) is 0 Å². The molecule has 98 valence electrons. The largest absolute Gasteiger partial charge is 0.444 e. The summed E-state index contributed by atoms with van der Waals surface area (Å²) in [5, 5.41) is 11.3. The third-order valence-corrected chi connectivity index (χ3v) is 2.36. The molecule has 0 bridgehead atoms. The van der Waals surface area contributed by atoms with Gasteiger partial charge in [0.15, 0.2) is 0 Å². The number of hydrogen-bond donors (Lipinski definition) is 2. The molecule has 1 rings (SSSR count). The number of likely N-dealkylation sites (tertiary alicyclic amines) is 1. The van der Waals surface area contributed by atoms with E-state index in [0.717, 1.165) is 0 Å². The van der Waals surface area contributed by atoms with Gasteiger partial charge in [0, 0.05) is 13.1 Å². The van der Waals surface area contributed by atoms with Crippen molar-refractivity contribution in [2.24, 2.45) is 0 Å². The Kier molecular flexibility index (Phi) is 4.34. The Labute approximate surface area is 101 Å². The van der Waals surface area contributed by atoms with E-state index in [0.29, 0.717) is 19.5 Å². The molecule has 2 N–H and O–H groups in total. The predicted octanol–water partition coefficient (Wildman–Crippen LogP) is 0.104. The van der Waals surface area contributed by atoms with Crippen LogP contribution >= 0.6 is 0 Å². The van der Waals surface area contributed by atoms with Crippen molar-refractivity contribution in [2.45, 2.75) is 38.8 Å². The molecule has 6 heteroatoms. The van der Waals surface area contributed by atoms with Crippen molar-refractivity contribution >= 4 is 12.0 Å². The zero-order valence-electron chi connectivity index (χ0n) is 10.5. The van der Waals surface area contributed by atoms with Gasteiger partial charge < -0.3 is 20.1 Å². The molecule has 0 saturated carbocycles. The van der Waals surface area contributed by atoms with E-state index in [1.807, 2.05) is 0 Å². The van der Waals surface area contributed by atoms with E-state index >= 15 is 0 Å². The van der Waals surface area contributed by atoms with Crippen molar-refractivity contribution in [2.75, 3.05) is 19.7 Å². The summed E-state index contributed by atoms with van der Waals surface area (Å²) in [4.78, 5) is 24.7. The summed E-state index contributed by atoms with van der Waals surface area (Å²) >= 11 is 0. The van der Waals surface area contributed by atoms with Crippen molar-refractivity contribution in [1.29, 1.82) is 0 Å². The van der Waals surface area contributed by atoms with Crippen LogP contribution in [0.25, 0.3) is 0 Å². The van der Waals surface area contributed by atoms with Crippen LogP contribution in [0.3, 0.4) is 0 Å². The lowest BCUT2D eigenvalue weighted by Gasteiger charge is -2.21. The summed E-state index contributed by atoms with van der Waals surface area (Å²) < 4.78 is 5.07. The van der Waals surface area contributed by atoms with Gasteiger partial charge in [0.05, 0.1) is 6.61 Å². The monoisotopic (exact) mass is 244 g/mol. The molecule has 0 spiro atoms. The van der Waals surface area contributed by atoms with E-state index in [4.69, 9.17) is 9.84 Å². The fourth-order valence-corrected chi connectivity index (χ4v) is 1.67. The smallest absolute Gasteiger partial charge is 0.408 e. The molecule has 17 heavy (non-hydrogen) atoms. The van der Waals surface area contributed by atoms with Gasteiger partial charge in [-0.3, -0.25) is 4.79 Å². The average molecular weight is 244 g/mol. The van der Waals surface area contributed by atoms with E-state index in [9.17, 15) is 9.59 Å². The Balaban J connectivity index is 2.43. The number of amides is 2. The maximum absolute atomic E-state index is 11.7. The number of nitrogens with one attached hydrogen (secondary N) is 1. The number of aliphatic hydroxyl groups is 1. The minimum atomic E-state index is -0.582. The fraction of sp³-hybridized carbons (Fsp3) is 0.818. The van der Waals surface area contributed by atoms with Crippen molar-refractivity contribution in [3.63, 3.8) is 0 Å². The maximum Gasteiger partial charge on any atom is 0.408 e. The predicted molar refractivity (Wildman–Crippen MR) is 61.4 cm³/mol. The second kappa shape index (κ2) is 5.35. The fourth-order valence-electron chi connectivity index (χ4n) is 1.67. The number of hydrogen-bond acceptors (Lipinski definition) is 4. The summed E-state index contributed by atoms with van der Waals surface area (Å²) in [6.07, 6.45) is -0.0281. The van der Waals surface area contributed by atoms with Crippen LogP contribution in [-0.2, 0) is 9.53 Å². The lowest BCUT2D eigenvalue weighted by molar-refractivity contribution is -0.129. The van der Waals surface area contributed by atoms with Gasteiger partial charge in [0.25, 0.3) is 0 Å². The Morgan fingerprint density at radius 2 is 2.24 bits per heavy atom. The summed E-state index contributed by atoms with van der Waals surface area (Å²) in [6.45, 7) is 6.10. The average Bonchev–Trinajstić information content (AvgIpc) is 2.47. The number of alkyl carbamates (subject to hydrolysis) is 1. The minimum Gasteiger partial charge on any atom is -0.444 e. The third-order valence-electron chi connectivity index (χ3n) is 2.36. The van der Waals surface area contributed by atoms with Gasteiger partial charge in [-0.25, -0.2) is 4.79 Å². The lowest BCUT2D eigenvalue weighted by atomic mass is 10.2. The van der Waals surface area contributed by atoms with E-state index < -0.39 is 17.7 Å². The maximum atomic E-state index is 11.7. The molecule has 0 aromatic carbocycles. The van der Waals surface area contributed by atoms with Gasteiger partial charge in [-0.2, -0.15) is 0 Å². The molecule has 6 nitrogen and oxygen atoms in total. The van der Waals surface area contributed by atoms with E-state index in [1.165, 1.54) is 4.90 Å². The number of carbonyl (C=O) groups is 2. The molecular formula is C11H20N2O4. The summed E-state index contributed by atoms with van der Waals surface area (Å²) in [6, 6.07) is -0.531. The zero-order chi connectivity index (χ0) is 13.1. The van der Waals surface area contributed by atoms with Gasteiger partial charge in [-0.15, -0.1) is 0 Å². The number of rotatable bonds is 3. The normalized spacial score (nSPS) is 20.6. The zero-order valence-corrected chi connectivity index (χ0v) is 10.5. The van der Waals surface area contributed by atoms with Crippen molar-refractivity contribution in [3.8, 4) is 0 Å². The third kappa shape index (κ3) is 4.22. The molecular weight excluding hydrogens is 224 g/mol. The molecule has 2 amide bonds. The molecule has 1 unspecified atom stereocenters. The van der Waals surface area contributed by atoms with Gasteiger partial charge in [0.1, 0.15) is 11.6 Å². The molecule has 1 aliphatic heterocycles. The van der Waals surface area contributed by atoms with Crippen LogP contribution < -0.4 is 5.32 Å². The first-order valence-electron chi connectivity index (χ1n) is 5.72. The number of ether oxygens (including phenoxy) is 1. The van der Waals surface area contributed by atoms with Crippen LogP contribution in [0.4, 0.5) is 4.79 Å². The highest BCUT2D eigenvalue weighted by Gasteiger charge is 2.33. The number of carbonyl (C=O) groups excluding carboxylic acids is 2. The van der Waals surface area contributed by atoms with Gasteiger partial charge in [0.2, 0.25) is 5.91 Å². The number of nitrogens with zero attached hydrogens (tertiary/aromatic N) is 1.